The number of carboxylic acid groups (broad SMARTS) is 1. The molecule has 1 aromatic rings. The zero-order valence-corrected chi connectivity index (χ0v) is 10.2. The first-order chi connectivity index (χ1) is 8.61. The van der Waals surface area contributed by atoms with E-state index in [9.17, 15) is 9.59 Å². The van der Waals surface area contributed by atoms with Gasteiger partial charge in [0.25, 0.3) is 0 Å². The fraction of sp³-hybridized carbons (Fsp3) is 0.417. The summed E-state index contributed by atoms with van der Waals surface area (Å²) in [6.45, 7) is 2.40. The summed E-state index contributed by atoms with van der Waals surface area (Å²) < 4.78 is 5.17. The highest BCUT2D eigenvalue weighted by Crippen LogP contribution is 2.12. The van der Waals surface area contributed by atoms with Crippen LogP contribution in [0, 0.1) is 0 Å². The van der Waals surface area contributed by atoms with Gasteiger partial charge in [0.05, 0.1) is 18.5 Å². The molecule has 18 heavy (non-hydrogen) atoms. The van der Waals surface area contributed by atoms with E-state index in [0.717, 1.165) is 0 Å². The molecule has 0 aliphatic carbocycles. The first kappa shape index (κ1) is 14.0. The largest absolute Gasteiger partial charge is 0.481 e. The summed E-state index contributed by atoms with van der Waals surface area (Å²) in [5, 5.41) is 11.1. The van der Waals surface area contributed by atoms with E-state index in [1.54, 1.807) is 12.1 Å². The number of pyridine rings is 1. The van der Waals surface area contributed by atoms with E-state index in [-0.39, 0.29) is 18.7 Å². The summed E-state index contributed by atoms with van der Waals surface area (Å²) in [7, 11) is 0. The Bertz CT molecular complexity index is 403. The van der Waals surface area contributed by atoms with Gasteiger partial charge in [-0.25, -0.2) is 4.98 Å². The average Bonchev–Trinajstić information content (AvgIpc) is 2.31. The van der Waals surface area contributed by atoms with Crippen LogP contribution in [-0.4, -0.2) is 28.6 Å². The number of aromatic nitrogens is 1. The van der Waals surface area contributed by atoms with Gasteiger partial charge in [0.2, 0.25) is 11.8 Å². The van der Waals surface area contributed by atoms with Crippen LogP contribution in [0.15, 0.2) is 18.3 Å². The topological polar surface area (TPSA) is 88.5 Å². The molecule has 0 bridgehead atoms. The lowest BCUT2D eigenvalue weighted by Gasteiger charge is -2.05. The molecule has 1 amide bonds. The van der Waals surface area contributed by atoms with Crippen LogP contribution < -0.4 is 10.1 Å². The molecule has 0 spiro atoms. The van der Waals surface area contributed by atoms with Crippen molar-refractivity contribution in [3.8, 4) is 5.88 Å². The van der Waals surface area contributed by atoms with Crippen molar-refractivity contribution in [2.45, 2.75) is 26.2 Å². The van der Waals surface area contributed by atoms with Crippen LogP contribution in [0.1, 0.15) is 26.2 Å². The highest BCUT2D eigenvalue weighted by molar-refractivity contribution is 5.90. The van der Waals surface area contributed by atoms with Crippen LogP contribution in [0.3, 0.4) is 0 Å². The van der Waals surface area contributed by atoms with Crippen molar-refractivity contribution < 1.29 is 19.4 Å². The second-order valence-electron chi connectivity index (χ2n) is 3.61. The van der Waals surface area contributed by atoms with Crippen LogP contribution in [0.5, 0.6) is 5.88 Å². The van der Waals surface area contributed by atoms with E-state index in [4.69, 9.17) is 9.84 Å². The molecule has 0 fully saturated rings. The quantitative estimate of drug-likeness (QED) is 0.770. The Labute approximate surface area is 105 Å². The second-order valence-corrected chi connectivity index (χ2v) is 3.61. The van der Waals surface area contributed by atoms with E-state index >= 15 is 0 Å². The Morgan fingerprint density at radius 2 is 2.17 bits per heavy atom. The Kier molecular flexibility index (Phi) is 5.63. The van der Waals surface area contributed by atoms with Crippen molar-refractivity contribution in [3.05, 3.63) is 18.3 Å². The summed E-state index contributed by atoms with van der Waals surface area (Å²) >= 11 is 0. The molecule has 0 aromatic carbocycles. The summed E-state index contributed by atoms with van der Waals surface area (Å²) in [6, 6.07) is 3.35. The maximum absolute atomic E-state index is 11.4. The van der Waals surface area contributed by atoms with Gasteiger partial charge >= 0.3 is 5.97 Å². The minimum atomic E-state index is -0.898. The third-order valence-corrected chi connectivity index (χ3v) is 2.11. The number of anilines is 1. The predicted octanol–water partition coefficient (Wildman–Crippen LogP) is 1.67. The SMILES string of the molecule is CCOc1ccc(NC(=O)CCCC(=O)O)cn1. The maximum atomic E-state index is 11.4. The van der Waals surface area contributed by atoms with E-state index < -0.39 is 5.97 Å². The Balaban J connectivity index is 2.37. The monoisotopic (exact) mass is 252 g/mol. The number of hydrogen-bond donors (Lipinski definition) is 2. The Hall–Kier alpha value is -2.11. The average molecular weight is 252 g/mol. The zero-order chi connectivity index (χ0) is 13.4. The van der Waals surface area contributed by atoms with Gasteiger partial charge in [-0.1, -0.05) is 0 Å². The molecule has 0 atom stereocenters. The van der Waals surface area contributed by atoms with Gasteiger partial charge in [0.15, 0.2) is 0 Å². The predicted molar refractivity (Wildman–Crippen MR) is 65.5 cm³/mol. The van der Waals surface area contributed by atoms with Crippen molar-refractivity contribution in [2.75, 3.05) is 11.9 Å². The number of aliphatic carboxylic acids is 1. The third-order valence-electron chi connectivity index (χ3n) is 2.11. The lowest BCUT2D eigenvalue weighted by atomic mass is 10.2. The summed E-state index contributed by atoms with van der Waals surface area (Å²) in [4.78, 5) is 25.7. The first-order valence-electron chi connectivity index (χ1n) is 5.72. The number of carboxylic acids is 1. The van der Waals surface area contributed by atoms with Crippen molar-refractivity contribution in [2.24, 2.45) is 0 Å². The highest BCUT2D eigenvalue weighted by Gasteiger charge is 2.05. The lowest BCUT2D eigenvalue weighted by molar-refractivity contribution is -0.137. The summed E-state index contributed by atoms with van der Waals surface area (Å²) in [5.41, 5.74) is 0.568. The molecule has 2 N–H and O–H groups in total. The van der Waals surface area contributed by atoms with Crippen LogP contribution in [-0.2, 0) is 9.59 Å². The molecular formula is C12H16N2O4. The number of rotatable bonds is 7. The zero-order valence-electron chi connectivity index (χ0n) is 10.2. The van der Waals surface area contributed by atoms with Crippen molar-refractivity contribution in [3.63, 3.8) is 0 Å². The second kappa shape index (κ2) is 7.26. The molecule has 0 saturated carbocycles. The van der Waals surface area contributed by atoms with Gasteiger partial charge in [-0.15, -0.1) is 0 Å². The van der Waals surface area contributed by atoms with Crippen LogP contribution in [0.25, 0.3) is 0 Å². The van der Waals surface area contributed by atoms with Gasteiger partial charge < -0.3 is 15.2 Å². The standard InChI is InChI=1S/C12H16N2O4/c1-2-18-11-7-6-9(8-13-11)14-10(15)4-3-5-12(16)17/h6-8H,2-5H2,1H3,(H,14,15)(H,16,17). The number of carbonyl (C=O) groups excluding carboxylic acids is 1. The number of carbonyl (C=O) groups is 2. The van der Waals surface area contributed by atoms with Gasteiger partial charge in [-0.05, 0) is 19.4 Å². The van der Waals surface area contributed by atoms with Crippen molar-refractivity contribution in [1.82, 2.24) is 4.98 Å². The van der Waals surface area contributed by atoms with E-state index in [1.807, 2.05) is 6.92 Å². The van der Waals surface area contributed by atoms with Crippen LogP contribution >= 0.6 is 0 Å². The molecule has 98 valence electrons. The summed E-state index contributed by atoms with van der Waals surface area (Å²) in [6.07, 6.45) is 2.00. The van der Waals surface area contributed by atoms with E-state index in [0.29, 0.717) is 24.6 Å². The van der Waals surface area contributed by atoms with Crippen molar-refractivity contribution >= 4 is 17.6 Å². The molecule has 0 saturated heterocycles. The number of hydrogen-bond acceptors (Lipinski definition) is 4. The maximum Gasteiger partial charge on any atom is 0.303 e. The first-order valence-corrected chi connectivity index (χ1v) is 5.72. The normalized spacial score (nSPS) is 9.83. The molecule has 0 radical (unpaired) electrons. The molecule has 6 nitrogen and oxygen atoms in total. The minimum absolute atomic E-state index is 0.00501. The number of nitrogens with zero attached hydrogens (tertiary/aromatic N) is 1. The minimum Gasteiger partial charge on any atom is -0.481 e. The molecule has 0 aliphatic rings. The van der Waals surface area contributed by atoms with Crippen LogP contribution in [0.2, 0.25) is 0 Å². The Morgan fingerprint density at radius 1 is 1.39 bits per heavy atom. The molecule has 1 aromatic heterocycles. The van der Waals surface area contributed by atoms with Gasteiger partial charge in [0.1, 0.15) is 0 Å². The molecule has 0 aliphatic heterocycles. The fourth-order valence-electron chi connectivity index (χ4n) is 1.31. The lowest BCUT2D eigenvalue weighted by Crippen LogP contribution is -2.12. The smallest absolute Gasteiger partial charge is 0.303 e. The van der Waals surface area contributed by atoms with E-state index in [1.165, 1.54) is 6.20 Å². The molecule has 6 heteroatoms. The highest BCUT2D eigenvalue weighted by atomic mass is 16.5. The Morgan fingerprint density at radius 3 is 2.72 bits per heavy atom. The third kappa shape index (κ3) is 5.29. The van der Waals surface area contributed by atoms with Crippen molar-refractivity contribution in [1.29, 1.82) is 0 Å². The molecule has 0 unspecified atom stereocenters. The summed E-state index contributed by atoms with van der Waals surface area (Å²) in [5.74, 6) is -0.617. The molecule has 1 heterocycles. The fourth-order valence-corrected chi connectivity index (χ4v) is 1.31. The van der Waals surface area contributed by atoms with Gasteiger partial charge in [0, 0.05) is 18.9 Å². The molecule has 1 rings (SSSR count). The van der Waals surface area contributed by atoms with Crippen LogP contribution in [0.4, 0.5) is 5.69 Å². The number of ether oxygens (including phenoxy) is 1. The van der Waals surface area contributed by atoms with E-state index in [2.05, 4.69) is 10.3 Å². The number of amides is 1. The van der Waals surface area contributed by atoms with Gasteiger partial charge in [-0.3, -0.25) is 9.59 Å². The number of nitrogens with one attached hydrogen (secondary N) is 1. The van der Waals surface area contributed by atoms with Gasteiger partial charge in [-0.2, -0.15) is 0 Å². The molecular weight excluding hydrogens is 236 g/mol.